The molecule has 3 heteroatoms. The van der Waals surface area contributed by atoms with Crippen molar-refractivity contribution in [3.05, 3.63) is 29.3 Å². The summed E-state index contributed by atoms with van der Waals surface area (Å²) in [4.78, 5) is 21.8. The SMILES string of the molecule is CC(=O)c1ccc(NC=O)c(C(C)(C)C)c1. The maximum absolute atomic E-state index is 11.3. The van der Waals surface area contributed by atoms with Crippen LogP contribution >= 0.6 is 0 Å². The average molecular weight is 219 g/mol. The number of hydrogen-bond donors (Lipinski definition) is 1. The van der Waals surface area contributed by atoms with Crippen molar-refractivity contribution in [2.45, 2.75) is 33.1 Å². The maximum atomic E-state index is 11.3. The second-order valence-electron chi connectivity index (χ2n) is 4.83. The number of carbonyl (C=O) groups is 2. The molecule has 0 saturated carbocycles. The lowest BCUT2D eigenvalue weighted by molar-refractivity contribution is -0.105. The molecule has 0 spiro atoms. The topological polar surface area (TPSA) is 46.2 Å². The number of Topliss-reactive ketones (excluding diaryl/α,β-unsaturated/α-hetero) is 1. The highest BCUT2D eigenvalue weighted by atomic mass is 16.1. The maximum Gasteiger partial charge on any atom is 0.211 e. The Labute approximate surface area is 95.9 Å². The van der Waals surface area contributed by atoms with E-state index in [4.69, 9.17) is 0 Å². The fourth-order valence-electron chi connectivity index (χ4n) is 1.57. The van der Waals surface area contributed by atoms with Gasteiger partial charge < -0.3 is 5.32 Å². The molecule has 3 nitrogen and oxygen atoms in total. The molecule has 16 heavy (non-hydrogen) atoms. The van der Waals surface area contributed by atoms with Crippen LogP contribution in [0.15, 0.2) is 18.2 Å². The van der Waals surface area contributed by atoms with E-state index < -0.39 is 0 Å². The van der Waals surface area contributed by atoms with E-state index in [1.165, 1.54) is 6.92 Å². The molecule has 0 unspecified atom stereocenters. The molecule has 0 aliphatic rings. The van der Waals surface area contributed by atoms with Crippen LogP contribution in [-0.2, 0) is 10.2 Å². The number of benzene rings is 1. The van der Waals surface area contributed by atoms with Crippen LogP contribution in [0.25, 0.3) is 0 Å². The number of nitrogens with one attached hydrogen (secondary N) is 1. The van der Waals surface area contributed by atoms with Crippen molar-refractivity contribution in [2.24, 2.45) is 0 Å². The fraction of sp³-hybridized carbons (Fsp3) is 0.385. The predicted molar refractivity (Wildman–Crippen MR) is 64.8 cm³/mol. The lowest BCUT2D eigenvalue weighted by atomic mass is 9.84. The van der Waals surface area contributed by atoms with Gasteiger partial charge in [0.15, 0.2) is 5.78 Å². The highest BCUT2D eigenvalue weighted by Crippen LogP contribution is 2.30. The second kappa shape index (κ2) is 4.47. The first kappa shape index (κ1) is 12.4. The van der Waals surface area contributed by atoms with Crippen molar-refractivity contribution in [1.29, 1.82) is 0 Å². The van der Waals surface area contributed by atoms with E-state index in [-0.39, 0.29) is 11.2 Å². The lowest BCUT2D eigenvalue weighted by Gasteiger charge is -2.23. The number of amides is 1. The van der Waals surface area contributed by atoms with Crippen molar-refractivity contribution < 1.29 is 9.59 Å². The summed E-state index contributed by atoms with van der Waals surface area (Å²) in [7, 11) is 0. The van der Waals surface area contributed by atoms with Gasteiger partial charge in [0.1, 0.15) is 0 Å². The largest absolute Gasteiger partial charge is 0.328 e. The molecule has 0 aliphatic heterocycles. The van der Waals surface area contributed by atoms with Crippen LogP contribution in [0.5, 0.6) is 0 Å². The number of rotatable bonds is 3. The summed E-state index contributed by atoms with van der Waals surface area (Å²) in [6, 6.07) is 5.34. The Morgan fingerprint density at radius 3 is 2.38 bits per heavy atom. The summed E-state index contributed by atoms with van der Waals surface area (Å²) in [6.45, 7) is 7.67. The number of anilines is 1. The van der Waals surface area contributed by atoms with Gasteiger partial charge in [-0.15, -0.1) is 0 Å². The van der Waals surface area contributed by atoms with E-state index in [2.05, 4.69) is 5.32 Å². The lowest BCUT2D eigenvalue weighted by Crippen LogP contribution is -2.15. The summed E-state index contributed by atoms with van der Waals surface area (Å²) in [5, 5.41) is 2.66. The molecule has 0 saturated heterocycles. The van der Waals surface area contributed by atoms with Gasteiger partial charge in [0.05, 0.1) is 0 Å². The van der Waals surface area contributed by atoms with Gasteiger partial charge in [-0.2, -0.15) is 0 Å². The first-order valence-electron chi connectivity index (χ1n) is 5.22. The van der Waals surface area contributed by atoms with E-state index >= 15 is 0 Å². The van der Waals surface area contributed by atoms with Crippen molar-refractivity contribution in [3.63, 3.8) is 0 Å². The average Bonchev–Trinajstić information content (AvgIpc) is 2.16. The summed E-state index contributed by atoms with van der Waals surface area (Å²) in [5.41, 5.74) is 2.28. The minimum Gasteiger partial charge on any atom is -0.328 e. The van der Waals surface area contributed by atoms with Crippen molar-refractivity contribution in [2.75, 3.05) is 5.32 Å². The molecule has 0 aliphatic carbocycles. The van der Waals surface area contributed by atoms with Gasteiger partial charge >= 0.3 is 0 Å². The second-order valence-corrected chi connectivity index (χ2v) is 4.83. The van der Waals surface area contributed by atoms with Gasteiger partial charge in [0.25, 0.3) is 0 Å². The zero-order valence-corrected chi connectivity index (χ0v) is 10.1. The molecule has 0 atom stereocenters. The summed E-state index contributed by atoms with van der Waals surface area (Å²) in [5.74, 6) is 0.0307. The molecule has 1 aromatic carbocycles. The smallest absolute Gasteiger partial charge is 0.211 e. The van der Waals surface area contributed by atoms with Gasteiger partial charge in [-0.3, -0.25) is 9.59 Å². The molecule has 0 radical (unpaired) electrons. The van der Waals surface area contributed by atoms with Gasteiger partial charge in [0, 0.05) is 11.3 Å². The Morgan fingerprint density at radius 2 is 1.94 bits per heavy atom. The van der Waals surface area contributed by atoms with Gasteiger partial charge in [-0.1, -0.05) is 20.8 Å². The molecule has 0 fully saturated rings. The molecular weight excluding hydrogens is 202 g/mol. The Balaban J connectivity index is 3.32. The molecule has 0 bridgehead atoms. The zero-order valence-electron chi connectivity index (χ0n) is 10.1. The van der Waals surface area contributed by atoms with E-state index in [1.54, 1.807) is 12.1 Å². The Kier molecular flexibility index (Phi) is 3.48. The number of ketones is 1. The van der Waals surface area contributed by atoms with Gasteiger partial charge in [-0.25, -0.2) is 0 Å². The Bertz CT molecular complexity index is 416. The highest BCUT2D eigenvalue weighted by Gasteiger charge is 2.19. The molecule has 1 N–H and O–H groups in total. The molecule has 86 valence electrons. The Hall–Kier alpha value is -1.64. The summed E-state index contributed by atoms with van der Waals surface area (Å²) in [6.07, 6.45) is 0.651. The van der Waals surface area contributed by atoms with E-state index in [0.717, 1.165) is 11.3 Å². The third kappa shape index (κ3) is 2.69. The van der Waals surface area contributed by atoms with Crippen molar-refractivity contribution >= 4 is 17.9 Å². The molecule has 1 amide bonds. The van der Waals surface area contributed by atoms with Crippen LogP contribution in [0.3, 0.4) is 0 Å². The first-order chi connectivity index (χ1) is 7.36. The minimum absolute atomic E-state index is 0.0307. The normalized spacial score (nSPS) is 11.0. The van der Waals surface area contributed by atoms with Crippen LogP contribution in [0, 0.1) is 0 Å². The van der Waals surface area contributed by atoms with Gasteiger partial charge in [-0.05, 0) is 36.1 Å². The van der Waals surface area contributed by atoms with Crippen molar-refractivity contribution in [1.82, 2.24) is 0 Å². The number of hydrogen-bond acceptors (Lipinski definition) is 2. The molecule has 1 aromatic rings. The van der Waals surface area contributed by atoms with Crippen LogP contribution < -0.4 is 5.32 Å². The minimum atomic E-state index is -0.114. The molecule has 0 aromatic heterocycles. The van der Waals surface area contributed by atoms with E-state index in [0.29, 0.717) is 12.0 Å². The van der Waals surface area contributed by atoms with Crippen LogP contribution in [0.1, 0.15) is 43.6 Å². The zero-order chi connectivity index (χ0) is 12.3. The van der Waals surface area contributed by atoms with Crippen LogP contribution in [0.2, 0.25) is 0 Å². The quantitative estimate of drug-likeness (QED) is 0.627. The highest BCUT2D eigenvalue weighted by molar-refractivity contribution is 5.95. The number of carbonyl (C=O) groups excluding carboxylic acids is 2. The Morgan fingerprint density at radius 1 is 1.31 bits per heavy atom. The first-order valence-corrected chi connectivity index (χ1v) is 5.22. The van der Waals surface area contributed by atoms with Crippen molar-refractivity contribution in [3.8, 4) is 0 Å². The van der Waals surface area contributed by atoms with E-state index in [1.807, 2.05) is 26.8 Å². The predicted octanol–water partition coefficient (Wildman–Crippen LogP) is 2.76. The van der Waals surface area contributed by atoms with Crippen LogP contribution in [0.4, 0.5) is 5.69 Å². The van der Waals surface area contributed by atoms with Crippen LogP contribution in [-0.4, -0.2) is 12.2 Å². The third-order valence-electron chi connectivity index (χ3n) is 2.45. The third-order valence-corrected chi connectivity index (χ3v) is 2.45. The standard InChI is InChI=1S/C13H17NO2/c1-9(16)10-5-6-12(14-8-15)11(7-10)13(2,3)4/h5-8H,1-4H3,(H,14,15). The summed E-state index contributed by atoms with van der Waals surface area (Å²) < 4.78 is 0. The summed E-state index contributed by atoms with van der Waals surface area (Å²) >= 11 is 0. The monoisotopic (exact) mass is 219 g/mol. The van der Waals surface area contributed by atoms with Gasteiger partial charge in [0.2, 0.25) is 6.41 Å². The molecular formula is C13H17NO2. The molecule has 1 rings (SSSR count). The molecule has 0 heterocycles. The fourth-order valence-corrected chi connectivity index (χ4v) is 1.57. The van der Waals surface area contributed by atoms with E-state index in [9.17, 15) is 9.59 Å².